The number of amides is 2. The van der Waals surface area contributed by atoms with Crippen molar-refractivity contribution in [2.75, 3.05) is 28.6 Å². The second-order valence-corrected chi connectivity index (χ2v) is 15.4. The monoisotopic (exact) mass is 739 g/mol. The van der Waals surface area contributed by atoms with Crippen molar-refractivity contribution < 1.29 is 42.7 Å². The van der Waals surface area contributed by atoms with E-state index in [0.29, 0.717) is 35.2 Å². The van der Waals surface area contributed by atoms with Crippen molar-refractivity contribution in [3.63, 3.8) is 0 Å². The fourth-order valence-corrected chi connectivity index (χ4v) is 5.97. The quantitative estimate of drug-likeness (QED) is 0.0566. The van der Waals surface area contributed by atoms with Crippen LogP contribution in [0.2, 0.25) is 0 Å². The highest BCUT2D eigenvalue weighted by Gasteiger charge is 2.26. The lowest BCUT2D eigenvalue weighted by molar-refractivity contribution is -0.195. The molecule has 3 aromatic rings. The standard InChI is InChI=1S/C39H54N3O9P/c1-9-30(22-37(44)50-38(27(6)7)49-36(43)20-29-12-17-33(18-13-29)51-52(46,47)48)31-14-19-35(42(23-25(2)3)24-26(4)5)34(21-31)41-39(45)40-32-15-10-28(8)11-16-32/h10-19,21,25-27,30,38H,9,20,22-24H2,1-8H3,(H2,40,41,45)(H2,46,47,48). The van der Waals surface area contributed by atoms with Crippen LogP contribution in [0.15, 0.2) is 66.7 Å². The van der Waals surface area contributed by atoms with Crippen LogP contribution in [0.5, 0.6) is 5.75 Å². The molecule has 0 fully saturated rings. The van der Waals surface area contributed by atoms with E-state index >= 15 is 0 Å². The number of hydrogen-bond acceptors (Lipinski definition) is 8. The van der Waals surface area contributed by atoms with Crippen LogP contribution in [-0.4, -0.2) is 47.1 Å². The topological polar surface area (TPSA) is 164 Å². The number of urea groups is 1. The minimum atomic E-state index is -4.71. The highest BCUT2D eigenvalue weighted by Crippen LogP contribution is 2.37. The molecule has 284 valence electrons. The molecule has 0 heterocycles. The van der Waals surface area contributed by atoms with Gasteiger partial charge in [0.05, 0.1) is 24.2 Å². The van der Waals surface area contributed by atoms with Crippen molar-refractivity contribution in [1.29, 1.82) is 0 Å². The van der Waals surface area contributed by atoms with Gasteiger partial charge in [0.25, 0.3) is 0 Å². The van der Waals surface area contributed by atoms with E-state index in [2.05, 4.69) is 47.8 Å². The molecule has 3 aromatic carbocycles. The summed E-state index contributed by atoms with van der Waals surface area (Å²) in [5.41, 5.74) is 4.64. The second kappa shape index (κ2) is 19.5. The molecule has 0 radical (unpaired) electrons. The average Bonchev–Trinajstić information content (AvgIpc) is 3.04. The number of hydrogen-bond donors (Lipinski definition) is 4. The lowest BCUT2D eigenvalue weighted by Gasteiger charge is -2.31. The van der Waals surface area contributed by atoms with E-state index in [9.17, 15) is 18.9 Å². The first-order valence-electron chi connectivity index (χ1n) is 17.7. The molecule has 4 N–H and O–H groups in total. The SMILES string of the molecule is CCC(CC(=O)OC(OC(=O)Cc1ccc(OP(=O)(O)O)cc1)C(C)C)c1ccc(N(CC(C)C)CC(C)C)c(NC(=O)Nc2ccc(C)cc2)c1. The Morgan fingerprint density at radius 1 is 0.808 bits per heavy atom. The van der Waals surface area contributed by atoms with Gasteiger partial charge in [0.1, 0.15) is 5.75 Å². The summed E-state index contributed by atoms with van der Waals surface area (Å²) >= 11 is 0. The Hall–Kier alpha value is -4.38. The van der Waals surface area contributed by atoms with Gasteiger partial charge >= 0.3 is 25.8 Å². The third-order valence-corrected chi connectivity index (χ3v) is 8.45. The third kappa shape index (κ3) is 14.3. The summed E-state index contributed by atoms with van der Waals surface area (Å²) in [7, 11) is -4.71. The Bertz CT molecular complexity index is 1660. The first kappa shape index (κ1) is 42.0. The van der Waals surface area contributed by atoms with Gasteiger partial charge in [-0.3, -0.25) is 19.4 Å². The molecular formula is C39H54N3O9P. The first-order valence-corrected chi connectivity index (χ1v) is 19.2. The van der Waals surface area contributed by atoms with E-state index in [1.807, 2.05) is 56.3 Å². The number of anilines is 3. The molecular weight excluding hydrogens is 685 g/mol. The van der Waals surface area contributed by atoms with Gasteiger partial charge in [-0.2, -0.15) is 0 Å². The van der Waals surface area contributed by atoms with Gasteiger partial charge in [0.15, 0.2) is 0 Å². The van der Waals surface area contributed by atoms with E-state index in [1.54, 1.807) is 13.8 Å². The van der Waals surface area contributed by atoms with Gasteiger partial charge in [0.2, 0.25) is 6.29 Å². The van der Waals surface area contributed by atoms with Crippen LogP contribution >= 0.6 is 7.82 Å². The van der Waals surface area contributed by atoms with Crippen molar-refractivity contribution in [1.82, 2.24) is 0 Å². The van der Waals surface area contributed by atoms with E-state index in [1.165, 1.54) is 24.3 Å². The first-order chi connectivity index (χ1) is 24.4. The summed E-state index contributed by atoms with van der Waals surface area (Å²) in [4.78, 5) is 59.6. The third-order valence-electron chi connectivity index (χ3n) is 8.00. The maximum atomic E-state index is 13.3. The smallest absolute Gasteiger partial charge is 0.425 e. The van der Waals surface area contributed by atoms with Gasteiger partial charge < -0.3 is 29.5 Å². The molecule has 3 rings (SSSR count). The number of rotatable bonds is 18. The summed E-state index contributed by atoms with van der Waals surface area (Å²) in [6.45, 7) is 17.7. The van der Waals surface area contributed by atoms with Crippen molar-refractivity contribution in [2.24, 2.45) is 17.8 Å². The number of carbonyl (C=O) groups excluding carboxylic acids is 3. The average molecular weight is 740 g/mol. The number of phosphoric acid groups is 1. The van der Waals surface area contributed by atoms with Crippen LogP contribution in [0, 0.1) is 24.7 Å². The van der Waals surface area contributed by atoms with Crippen LogP contribution in [0.1, 0.15) is 83.9 Å². The van der Waals surface area contributed by atoms with E-state index in [-0.39, 0.29) is 36.5 Å². The molecule has 0 spiro atoms. The summed E-state index contributed by atoms with van der Waals surface area (Å²) in [6, 6.07) is 18.7. The van der Waals surface area contributed by atoms with Crippen LogP contribution in [0.3, 0.4) is 0 Å². The van der Waals surface area contributed by atoms with Gasteiger partial charge in [-0.15, -0.1) is 0 Å². The lowest BCUT2D eigenvalue weighted by atomic mass is 9.92. The second-order valence-electron chi connectivity index (χ2n) is 14.2. The molecule has 12 nitrogen and oxygen atoms in total. The zero-order valence-electron chi connectivity index (χ0n) is 31.4. The molecule has 0 aliphatic rings. The molecule has 52 heavy (non-hydrogen) atoms. The number of nitrogens with one attached hydrogen (secondary N) is 2. The minimum absolute atomic E-state index is 0.0222. The van der Waals surface area contributed by atoms with Gasteiger partial charge in [-0.25, -0.2) is 9.36 Å². The molecule has 2 unspecified atom stereocenters. The van der Waals surface area contributed by atoms with E-state index < -0.39 is 26.1 Å². The fraction of sp³-hybridized carbons (Fsp3) is 0.462. The number of phosphoric ester groups is 1. The zero-order chi connectivity index (χ0) is 38.6. The van der Waals surface area contributed by atoms with E-state index in [4.69, 9.17) is 19.3 Å². The fourth-order valence-electron chi connectivity index (χ4n) is 5.57. The highest BCUT2D eigenvalue weighted by atomic mass is 31.2. The van der Waals surface area contributed by atoms with Gasteiger partial charge in [0, 0.05) is 24.7 Å². The predicted octanol–water partition coefficient (Wildman–Crippen LogP) is 8.42. The van der Waals surface area contributed by atoms with Crippen LogP contribution in [0.4, 0.5) is 21.9 Å². The number of carbonyl (C=O) groups is 3. The Labute approximate surface area is 307 Å². The largest absolute Gasteiger partial charge is 0.524 e. The number of nitrogens with zero attached hydrogens (tertiary/aromatic N) is 1. The predicted molar refractivity (Wildman–Crippen MR) is 203 cm³/mol. The van der Waals surface area contributed by atoms with Crippen LogP contribution in [-0.2, 0) is 30.0 Å². The molecule has 0 aromatic heterocycles. The van der Waals surface area contributed by atoms with Crippen molar-refractivity contribution in [3.8, 4) is 5.75 Å². The van der Waals surface area contributed by atoms with Crippen molar-refractivity contribution in [3.05, 3.63) is 83.4 Å². The van der Waals surface area contributed by atoms with Crippen LogP contribution in [0.25, 0.3) is 0 Å². The number of esters is 2. The highest BCUT2D eigenvalue weighted by molar-refractivity contribution is 7.46. The molecule has 0 saturated heterocycles. The molecule has 2 atom stereocenters. The summed E-state index contributed by atoms with van der Waals surface area (Å²) in [5.74, 6) is -1.03. The summed E-state index contributed by atoms with van der Waals surface area (Å²) < 4.78 is 26.8. The molecule has 0 saturated carbocycles. The molecule has 0 aliphatic carbocycles. The molecule has 2 amide bonds. The molecule has 13 heteroatoms. The zero-order valence-corrected chi connectivity index (χ0v) is 32.3. The van der Waals surface area contributed by atoms with Crippen molar-refractivity contribution in [2.45, 2.75) is 86.9 Å². The number of benzene rings is 3. The normalized spacial score (nSPS) is 12.7. The minimum Gasteiger partial charge on any atom is -0.425 e. The maximum Gasteiger partial charge on any atom is 0.524 e. The Morgan fingerprint density at radius 3 is 1.94 bits per heavy atom. The molecule has 0 aliphatic heterocycles. The molecule has 0 bridgehead atoms. The van der Waals surface area contributed by atoms with Crippen molar-refractivity contribution >= 4 is 42.9 Å². The summed E-state index contributed by atoms with van der Waals surface area (Å²) in [6.07, 6.45) is -0.646. The lowest BCUT2D eigenvalue weighted by Crippen LogP contribution is -2.32. The van der Waals surface area contributed by atoms with Crippen LogP contribution < -0.4 is 20.1 Å². The Balaban J connectivity index is 1.77. The number of ether oxygens (including phenoxy) is 2. The maximum absolute atomic E-state index is 13.3. The van der Waals surface area contributed by atoms with Gasteiger partial charge in [-0.05, 0) is 78.6 Å². The number of aryl methyl sites for hydroxylation is 1. The van der Waals surface area contributed by atoms with Gasteiger partial charge in [-0.1, -0.05) is 84.4 Å². The Morgan fingerprint density at radius 2 is 1.40 bits per heavy atom. The van der Waals surface area contributed by atoms with E-state index in [0.717, 1.165) is 29.9 Å². The Kier molecular flexibility index (Phi) is 15.7. The summed E-state index contributed by atoms with van der Waals surface area (Å²) in [5, 5.41) is 5.98.